The number of rotatable bonds is 4. The lowest BCUT2D eigenvalue weighted by Gasteiger charge is -2.08. The standard InChI is InChI=1S/C13H17O3/c1-5-11(4)15-16-13(14)12-7-9(2)6-10(3)8-12/h6-8H,5H2,1-4H3. The summed E-state index contributed by atoms with van der Waals surface area (Å²) >= 11 is 0. The molecule has 3 heteroatoms. The van der Waals surface area contributed by atoms with Crippen molar-refractivity contribution in [3.63, 3.8) is 0 Å². The number of carbonyl (C=O) groups excluding carboxylic acids is 1. The van der Waals surface area contributed by atoms with Crippen LogP contribution in [0.5, 0.6) is 0 Å². The van der Waals surface area contributed by atoms with E-state index in [2.05, 4.69) is 0 Å². The van der Waals surface area contributed by atoms with Crippen molar-refractivity contribution in [1.29, 1.82) is 0 Å². The molecular weight excluding hydrogens is 204 g/mol. The van der Waals surface area contributed by atoms with Gasteiger partial charge in [-0.1, -0.05) is 24.1 Å². The molecule has 0 unspecified atom stereocenters. The molecule has 0 N–H and O–H groups in total. The average Bonchev–Trinajstić information content (AvgIpc) is 2.23. The van der Waals surface area contributed by atoms with Crippen LogP contribution in [0.2, 0.25) is 0 Å². The molecule has 0 fully saturated rings. The summed E-state index contributed by atoms with van der Waals surface area (Å²) in [5.41, 5.74) is 2.58. The van der Waals surface area contributed by atoms with Crippen molar-refractivity contribution in [1.82, 2.24) is 0 Å². The molecule has 0 aliphatic heterocycles. The Morgan fingerprint density at radius 2 is 1.69 bits per heavy atom. The Bertz CT molecular complexity index is 351. The van der Waals surface area contributed by atoms with Gasteiger partial charge in [0.1, 0.15) is 6.10 Å². The minimum absolute atomic E-state index is 0.459. The lowest BCUT2D eigenvalue weighted by atomic mass is 10.1. The molecule has 0 heterocycles. The van der Waals surface area contributed by atoms with E-state index >= 15 is 0 Å². The van der Waals surface area contributed by atoms with E-state index < -0.39 is 5.97 Å². The van der Waals surface area contributed by atoms with E-state index in [9.17, 15) is 4.79 Å². The van der Waals surface area contributed by atoms with Crippen molar-refractivity contribution in [2.24, 2.45) is 0 Å². The Kier molecular flexibility index (Phi) is 4.50. The minimum Gasteiger partial charge on any atom is -0.292 e. The second kappa shape index (κ2) is 5.66. The van der Waals surface area contributed by atoms with Crippen LogP contribution in [-0.2, 0) is 9.78 Å². The number of benzene rings is 1. The summed E-state index contributed by atoms with van der Waals surface area (Å²) < 4.78 is 0. The molecular formula is C13H17O3. The zero-order chi connectivity index (χ0) is 12.1. The van der Waals surface area contributed by atoms with E-state index in [-0.39, 0.29) is 0 Å². The molecule has 0 spiro atoms. The predicted octanol–water partition coefficient (Wildman–Crippen LogP) is 3.35. The molecule has 3 nitrogen and oxygen atoms in total. The zero-order valence-corrected chi connectivity index (χ0v) is 10.2. The molecule has 0 aliphatic rings. The van der Waals surface area contributed by atoms with E-state index in [1.54, 1.807) is 19.1 Å². The van der Waals surface area contributed by atoms with Gasteiger partial charge in [0.25, 0.3) is 0 Å². The third-order valence-electron chi connectivity index (χ3n) is 2.21. The van der Waals surface area contributed by atoms with Crippen molar-refractivity contribution < 1.29 is 14.6 Å². The summed E-state index contributed by atoms with van der Waals surface area (Å²) in [6.45, 7) is 7.58. The van der Waals surface area contributed by atoms with Crippen LogP contribution >= 0.6 is 0 Å². The zero-order valence-electron chi connectivity index (χ0n) is 10.2. The molecule has 1 rings (SSSR count). The van der Waals surface area contributed by atoms with Gasteiger partial charge in [0.05, 0.1) is 5.56 Å². The Morgan fingerprint density at radius 1 is 1.12 bits per heavy atom. The van der Waals surface area contributed by atoms with Crippen LogP contribution in [0.25, 0.3) is 0 Å². The van der Waals surface area contributed by atoms with Gasteiger partial charge in [-0.25, -0.2) is 4.79 Å². The molecule has 0 saturated heterocycles. The summed E-state index contributed by atoms with van der Waals surface area (Å²) in [4.78, 5) is 21.2. The van der Waals surface area contributed by atoms with Crippen molar-refractivity contribution in [3.05, 3.63) is 41.0 Å². The minimum atomic E-state index is -0.459. The molecule has 0 bridgehead atoms. The Morgan fingerprint density at radius 3 is 2.19 bits per heavy atom. The summed E-state index contributed by atoms with van der Waals surface area (Å²) in [7, 11) is 0. The van der Waals surface area contributed by atoms with Crippen molar-refractivity contribution in [2.45, 2.75) is 34.1 Å². The van der Waals surface area contributed by atoms with E-state index in [1.165, 1.54) is 0 Å². The fourth-order valence-corrected chi connectivity index (χ4v) is 1.31. The lowest BCUT2D eigenvalue weighted by Crippen LogP contribution is -2.08. The molecule has 1 aromatic carbocycles. The second-order valence-corrected chi connectivity index (χ2v) is 3.89. The normalized spacial score (nSPS) is 10.6. The fourth-order valence-electron chi connectivity index (χ4n) is 1.31. The van der Waals surface area contributed by atoms with Gasteiger partial charge in [0, 0.05) is 0 Å². The van der Waals surface area contributed by atoms with Gasteiger partial charge < -0.3 is 0 Å². The summed E-state index contributed by atoms with van der Waals surface area (Å²) in [6, 6.07) is 5.56. The number of hydrogen-bond acceptors (Lipinski definition) is 3. The first-order valence-corrected chi connectivity index (χ1v) is 5.32. The van der Waals surface area contributed by atoms with E-state index in [0.29, 0.717) is 11.7 Å². The van der Waals surface area contributed by atoms with Gasteiger partial charge in [0.2, 0.25) is 0 Å². The topological polar surface area (TPSA) is 35.5 Å². The molecule has 0 atom stereocenters. The second-order valence-electron chi connectivity index (χ2n) is 3.89. The van der Waals surface area contributed by atoms with Gasteiger partial charge in [-0.15, -0.1) is 0 Å². The maximum atomic E-state index is 11.6. The van der Waals surface area contributed by atoms with Crippen LogP contribution in [0.15, 0.2) is 18.2 Å². The Labute approximate surface area is 96.3 Å². The first-order chi connectivity index (χ1) is 7.52. The van der Waals surface area contributed by atoms with E-state index in [0.717, 1.165) is 17.5 Å². The fraction of sp³-hybridized carbons (Fsp3) is 0.385. The van der Waals surface area contributed by atoms with Gasteiger partial charge in [-0.05, 0) is 39.3 Å². The maximum absolute atomic E-state index is 11.6. The molecule has 0 aliphatic carbocycles. The average molecular weight is 221 g/mol. The predicted molar refractivity (Wildman–Crippen MR) is 61.6 cm³/mol. The van der Waals surface area contributed by atoms with Crippen molar-refractivity contribution in [3.8, 4) is 0 Å². The highest BCUT2D eigenvalue weighted by atomic mass is 17.2. The highest BCUT2D eigenvalue weighted by Gasteiger charge is 2.11. The summed E-state index contributed by atoms with van der Waals surface area (Å²) in [5.74, 6) is -0.459. The van der Waals surface area contributed by atoms with E-state index in [1.807, 2.05) is 26.8 Å². The quantitative estimate of drug-likeness (QED) is 0.577. The van der Waals surface area contributed by atoms with E-state index in [4.69, 9.17) is 9.78 Å². The molecule has 0 saturated carbocycles. The van der Waals surface area contributed by atoms with Crippen LogP contribution < -0.4 is 0 Å². The third-order valence-corrected chi connectivity index (χ3v) is 2.21. The monoisotopic (exact) mass is 221 g/mol. The first-order valence-electron chi connectivity index (χ1n) is 5.32. The number of carbonyl (C=O) groups is 1. The smallest absolute Gasteiger partial charge is 0.292 e. The lowest BCUT2D eigenvalue weighted by molar-refractivity contribution is -0.232. The largest absolute Gasteiger partial charge is 0.373 e. The van der Waals surface area contributed by atoms with Crippen molar-refractivity contribution in [2.75, 3.05) is 0 Å². The molecule has 1 aromatic rings. The van der Waals surface area contributed by atoms with Crippen LogP contribution in [0, 0.1) is 20.0 Å². The van der Waals surface area contributed by atoms with Gasteiger partial charge in [0.15, 0.2) is 0 Å². The summed E-state index contributed by atoms with van der Waals surface area (Å²) in [6.07, 6.45) is 1.40. The number of aryl methyl sites for hydroxylation is 2. The Balaban J connectivity index is 2.66. The SMILES string of the molecule is CC[C](C)OOC(=O)c1cc(C)cc(C)c1. The Hall–Kier alpha value is -1.35. The molecule has 1 radical (unpaired) electrons. The number of hydrogen-bond donors (Lipinski definition) is 0. The third kappa shape index (κ3) is 3.66. The van der Waals surface area contributed by atoms with Gasteiger partial charge in [-0.3, -0.25) is 4.89 Å². The van der Waals surface area contributed by atoms with Crippen LogP contribution in [0.4, 0.5) is 0 Å². The molecule has 87 valence electrons. The molecule has 0 aromatic heterocycles. The van der Waals surface area contributed by atoms with Gasteiger partial charge in [-0.2, -0.15) is 4.89 Å². The van der Waals surface area contributed by atoms with Crippen LogP contribution in [0.1, 0.15) is 41.8 Å². The summed E-state index contributed by atoms with van der Waals surface area (Å²) in [5, 5.41) is 0. The van der Waals surface area contributed by atoms with Crippen LogP contribution in [-0.4, -0.2) is 5.97 Å². The molecule has 16 heavy (non-hydrogen) atoms. The first kappa shape index (κ1) is 12.7. The van der Waals surface area contributed by atoms with Crippen LogP contribution in [0.3, 0.4) is 0 Å². The highest BCUT2D eigenvalue weighted by Crippen LogP contribution is 2.12. The van der Waals surface area contributed by atoms with Gasteiger partial charge >= 0.3 is 5.97 Å². The maximum Gasteiger partial charge on any atom is 0.373 e. The molecule has 0 amide bonds. The highest BCUT2D eigenvalue weighted by molar-refractivity contribution is 5.89. The van der Waals surface area contributed by atoms with Crippen molar-refractivity contribution >= 4 is 5.97 Å².